The summed E-state index contributed by atoms with van der Waals surface area (Å²) in [4.78, 5) is 0. The zero-order chi connectivity index (χ0) is 13.3. The minimum absolute atomic E-state index is 0.914. The van der Waals surface area contributed by atoms with E-state index >= 15 is 0 Å². The summed E-state index contributed by atoms with van der Waals surface area (Å²) >= 11 is 0. The van der Waals surface area contributed by atoms with Crippen molar-refractivity contribution in [1.29, 1.82) is 0 Å². The van der Waals surface area contributed by atoms with Gasteiger partial charge in [0.2, 0.25) is 0 Å². The molecular formula is C17H24O. The lowest BCUT2D eigenvalue weighted by molar-refractivity contribution is 0.517. The summed E-state index contributed by atoms with van der Waals surface area (Å²) in [5, 5.41) is 8.15. The molecule has 0 saturated carbocycles. The summed E-state index contributed by atoms with van der Waals surface area (Å²) in [5.74, 6) is 12.9. The van der Waals surface area contributed by atoms with Crippen molar-refractivity contribution in [2.24, 2.45) is 0 Å². The van der Waals surface area contributed by atoms with Crippen LogP contribution in [0.5, 0.6) is 0 Å². The third-order valence-corrected chi connectivity index (χ3v) is 2.74. The Bertz CT molecular complexity index is 348. The number of rotatable bonds is 9. The Balaban J connectivity index is 3.21. The van der Waals surface area contributed by atoms with E-state index in [0.717, 1.165) is 12.8 Å². The van der Waals surface area contributed by atoms with Crippen LogP contribution in [0.1, 0.15) is 71.1 Å². The van der Waals surface area contributed by atoms with Crippen molar-refractivity contribution in [2.45, 2.75) is 71.1 Å². The lowest BCUT2D eigenvalue weighted by atomic mass is 10.1. The molecule has 0 rings (SSSR count). The molecule has 0 unspecified atom stereocenters. The number of aliphatic hydroxyl groups excluding tert-OH is 1. The first-order chi connectivity index (χ1) is 8.91. The lowest BCUT2D eigenvalue weighted by Gasteiger charge is -1.99. The zero-order valence-corrected chi connectivity index (χ0v) is 11.5. The van der Waals surface area contributed by atoms with E-state index in [4.69, 9.17) is 5.11 Å². The SMILES string of the molecule is CCCCCCCCCCCC#CC#CC#CO. The van der Waals surface area contributed by atoms with E-state index in [0.29, 0.717) is 0 Å². The monoisotopic (exact) mass is 244 g/mol. The van der Waals surface area contributed by atoms with Crippen molar-refractivity contribution in [3.05, 3.63) is 0 Å². The van der Waals surface area contributed by atoms with Gasteiger partial charge in [-0.05, 0) is 18.3 Å². The van der Waals surface area contributed by atoms with Gasteiger partial charge in [0.15, 0.2) is 0 Å². The maximum Gasteiger partial charge on any atom is 0.122 e. The highest BCUT2D eigenvalue weighted by Gasteiger charge is 1.90. The van der Waals surface area contributed by atoms with Gasteiger partial charge in [-0.3, -0.25) is 0 Å². The van der Waals surface area contributed by atoms with Gasteiger partial charge < -0.3 is 5.11 Å². The fourth-order valence-corrected chi connectivity index (χ4v) is 1.72. The third kappa shape index (κ3) is 14.5. The number of hydrogen-bond acceptors (Lipinski definition) is 1. The average Bonchev–Trinajstić information content (AvgIpc) is 2.39. The van der Waals surface area contributed by atoms with E-state index in [9.17, 15) is 0 Å². The minimum Gasteiger partial charge on any atom is -0.461 e. The van der Waals surface area contributed by atoms with Crippen LogP contribution in [0.25, 0.3) is 0 Å². The van der Waals surface area contributed by atoms with E-state index in [1.807, 2.05) is 0 Å². The molecule has 0 saturated heterocycles. The van der Waals surface area contributed by atoms with Crippen LogP contribution in [-0.4, -0.2) is 5.11 Å². The van der Waals surface area contributed by atoms with Gasteiger partial charge in [0, 0.05) is 18.3 Å². The highest BCUT2D eigenvalue weighted by atomic mass is 16.2. The molecule has 0 aromatic carbocycles. The Hall–Kier alpha value is -1.52. The first-order valence-electron chi connectivity index (χ1n) is 7.03. The third-order valence-electron chi connectivity index (χ3n) is 2.74. The Morgan fingerprint density at radius 2 is 1.22 bits per heavy atom. The Morgan fingerprint density at radius 1 is 0.667 bits per heavy atom. The molecule has 0 aliphatic carbocycles. The quantitative estimate of drug-likeness (QED) is 0.475. The average molecular weight is 244 g/mol. The highest BCUT2D eigenvalue weighted by Crippen LogP contribution is 2.09. The first kappa shape index (κ1) is 16.5. The standard InChI is InChI=1S/C17H24O/c1-2-3-4-5-6-7-8-9-10-11-12-13-14-15-16-17-18/h18H,2-11H2,1H3. The second-order valence-corrected chi connectivity index (χ2v) is 4.37. The van der Waals surface area contributed by atoms with Crippen LogP contribution in [0.2, 0.25) is 0 Å². The maximum atomic E-state index is 8.15. The van der Waals surface area contributed by atoms with E-state index in [1.165, 1.54) is 51.4 Å². The lowest BCUT2D eigenvalue weighted by Crippen LogP contribution is -1.80. The summed E-state index contributed by atoms with van der Waals surface area (Å²) in [6, 6.07) is 0. The predicted octanol–water partition coefficient (Wildman–Crippen LogP) is 4.25. The predicted molar refractivity (Wildman–Crippen MR) is 77.1 cm³/mol. The van der Waals surface area contributed by atoms with E-state index in [-0.39, 0.29) is 0 Å². The second kappa shape index (κ2) is 15.5. The van der Waals surface area contributed by atoms with Gasteiger partial charge >= 0.3 is 0 Å². The van der Waals surface area contributed by atoms with Crippen molar-refractivity contribution in [1.82, 2.24) is 0 Å². The molecule has 0 amide bonds. The number of hydrogen-bond donors (Lipinski definition) is 1. The normalized spacial score (nSPS) is 8.28. The molecule has 1 N–H and O–H groups in total. The minimum atomic E-state index is 0.914. The van der Waals surface area contributed by atoms with Crippen molar-refractivity contribution in [2.75, 3.05) is 0 Å². The van der Waals surface area contributed by atoms with Gasteiger partial charge in [0.05, 0.1) is 0 Å². The summed E-state index contributed by atoms with van der Waals surface area (Å²) in [6.07, 6.45) is 14.7. The van der Waals surface area contributed by atoms with Gasteiger partial charge in [0.25, 0.3) is 0 Å². The molecule has 0 spiro atoms. The molecule has 0 aromatic rings. The fourth-order valence-electron chi connectivity index (χ4n) is 1.72. The van der Waals surface area contributed by atoms with Crippen LogP contribution in [0.15, 0.2) is 0 Å². The van der Waals surface area contributed by atoms with Gasteiger partial charge in [-0.2, -0.15) is 0 Å². The van der Waals surface area contributed by atoms with Crippen LogP contribution in [-0.2, 0) is 0 Å². The van der Waals surface area contributed by atoms with Gasteiger partial charge in [-0.15, -0.1) is 0 Å². The Labute approximate surface area is 112 Å². The molecule has 1 nitrogen and oxygen atoms in total. The van der Waals surface area contributed by atoms with Crippen LogP contribution >= 0.6 is 0 Å². The number of unbranched alkanes of at least 4 members (excludes halogenated alkanes) is 9. The van der Waals surface area contributed by atoms with Crippen LogP contribution in [0, 0.1) is 35.7 Å². The van der Waals surface area contributed by atoms with Gasteiger partial charge in [-0.25, -0.2) is 0 Å². The highest BCUT2D eigenvalue weighted by molar-refractivity contribution is 5.34. The molecule has 1 heteroatoms. The molecule has 0 atom stereocenters. The van der Waals surface area contributed by atoms with Crippen molar-refractivity contribution < 1.29 is 5.11 Å². The molecule has 0 radical (unpaired) electrons. The molecule has 18 heavy (non-hydrogen) atoms. The zero-order valence-electron chi connectivity index (χ0n) is 11.5. The molecule has 0 aliphatic rings. The molecular weight excluding hydrogens is 220 g/mol. The molecule has 0 aromatic heterocycles. The summed E-state index contributed by atoms with van der Waals surface area (Å²) in [6.45, 7) is 2.25. The van der Waals surface area contributed by atoms with E-state index in [1.54, 1.807) is 6.11 Å². The number of aliphatic hydroxyl groups is 1. The topological polar surface area (TPSA) is 20.2 Å². The fraction of sp³-hybridized carbons (Fsp3) is 0.647. The second-order valence-electron chi connectivity index (χ2n) is 4.37. The molecule has 0 fully saturated rings. The summed E-state index contributed by atoms with van der Waals surface area (Å²) in [5.41, 5.74) is 0. The molecule has 98 valence electrons. The van der Waals surface area contributed by atoms with Gasteiger partial charge in [0.1, 0.15) is 6.11 Å². The van der Waals surface area contributed by atoms with Crippen LogP contribution in [0.4, 0.5) is 0 Å². The van der Waals surface area contributed by atoms with Gasteiger partial charge in [-0.1, -0.05) is 64.2 Å². The van der Waals surface area contributed by atoms with Crippen LogP contribution < -0.4 is 0 Å². The van der Waals surface area contributed by atoms with Crippen molar-refractivity contribution >= 4 is 0 Å². The molecule has 0 aliphatic heterocycles. The maximum absolute atomic E-state index is 8.15. The van der Waals surface area contributed by atoms with Crippen molar-refractivity contribution in [3.63, 3.8) is 0 Å². The largest absolute Gasteiger partial charge is 0.461 e. The summed E-state index contributed by atoms with van der Waals surface area (Å²) < 4.78 is 0. The van der Waals surface area contributed by atoms with Crippen molar-refractivity contribution in [3.8, 4) is 35.7 Å². The summed E-state index contributed by atoms with van der Waals surface area (Å²) in [7, 11) is 0. The van der Waals surface area contributed by atoms with Crippen LogP contribution in [0.3, 0.4) is 0 Å². The molecule has 0 heterocycles. The van der Waals surface area contributed by atoms with E-state index < -0.39 is 0 Å². The first-order valence-corrected chi connectivity index (χ1v) is 7.03. The van der Waals surface area contributed by atoms with E-state index in [2.05, 4.69) is 36.5 Å². The Morgan fingerprint density at radius 3 is 1.83 bits per heavy atom. The Kier molecular flexibility index (Phi) is 14.2. The molecule has 0 bridgehead atoms. The smallest absolute Gasteiger partial charge is 0.122 e.